The minimum absolute atomic E-state index is 0.324. The first kappa shape index (κ1) is 17.7. The van der Waals surface area contributed by atoms with Gasteiger partial charge in [0.1, 0.15) is 11.5 Å². The number of rotatable bonds is 6. The number of furan rings is 1. The molecular formula is C21H29N3O2. The first-order valence-electron chi connectivity index (χ1n) is 9.58. The molecule has 2 aliphatic rings. The Labute approximate surface area is 156 Å². The molecule has 5 heteroatoms. The summed E-state index contributed by atoms with van der Waals surface area (Å²) in [5.41, 5.74) is 1.52. The van der Waals surface area contributed by atoms with Crippen LogP contribution in [0.25, 0.3) is 0 Å². The van der Waals surface area contributed by atoms with Gasteiger partial charge in [0, 0.05) is 37.6 Å². The van der Waals surface area contributed by atoms with Crippen molar-refractivity contribution in [3.63, 3.8) is 0 Å². The number of aromatic nitrogens is 1. The van der Waals surface area contributed by atoms with Gasteiger partial charge in [-0.25, -0.2) is 0 Å². The Morgan fingerprint density at radius 3 is 2.77 bits per heavy atom. The summed E-state index contributed by atoms with van der Waals surface area (Å²) in [6.07, 6.45) is 6.11. The van der Waals surface area contributed by atoms with Crippen molar-refractivity contribution in [3.05, 3.63) is 53.7 Å². The van der Waals surface area contributed by atoms with Crippen molar-refractivity contribution < 1.29 is 9.15 Å². The van der Waals surface area contributed by atoms with Gasteiger partial charge in [-0.1, -0.05) is 0 Å². The van der Waals surface area contributed by atoms with Gasteiger partial charge in [0.2, 0.25) is 0 Å². The number of pyridine rings is 1. The molecule has 2 aliphatic heterocycles. The van der Waals surface area contributed by atoms with Crippen LogP contribution in [0.2, 0.25) is 0 Å². The van der Waals surface area contributed by atoms with Crippen LogP contribution in [0, 0.1) is 12.8 Å². The second kappa shape index (κ2) is 7.51. The summed E-state index contributed by atoms with van der Waals surface area (Å²) in [4.78, 5) is 9.12. The van der Waals surface area contributed by atoms with E-state index in [4.69, 9.17) is 9.15 Å². The van der Waals surface area contributed by atoms with Crippen LogP contribution in [0.5, 0.6) is 0 Å². The zero-order valence-corrected chi connectivity index (χ0v) is 15.9. The highest BCUT2D eigenvalue weighted by molar-refractivity contribution is 5.11. The third-order valence-electron chi connectivity index (χ3n) is 5.93. The third kappa shape index (κ3) is 3.85. The van der Waals surface area contributed by atoms with Crippen molar-refractivity contribution in [3.8, 4) is 0 Å². The third-order valence-corrected chi connectivity index (χ3v) is 5.93. The molecule has 2 aromatic rings. The van der Waals surface area contributed by atoms with Crippen LogP contribution in [0.15, 0.2) is 41.1 Å². The molecular weight excluding hydrogens is 326 g/mol. The summed E-state index contributed by atoms with van der Waals surface area (Å²) in [5, 5.41) is 0. The van der Waals surface area contributed by atoms with E-state index >= 15 is 0 Å². The van der Waals surface area contributed by atoms with Gasteiger partial charge < -0.3 is 9.15 Å². The maximum absolute atomic E-state index is 6.01. The summed E-state index contributed by atoms with van der Waals surface area (Å²) in [6.45, 7) is 7.89. The normalized spacial score (nSPS) is 23.2. The Morgan fingerprint density at radius 1 is 1.23 bits per heavy atom. The average Bonchev–Trinajstić information content (AvgIpc) is 3.02. The fraction of sp³-hybridized carbons (Fsp3) is 0.571. The molecule has 5 nitrogen and oxygen atoms in total. The lowest BCUT2D eigenvalue weighted by molar-refractivity contribution is -0.0952. The highest BCUT2D eigenvalue weighted by Gasteiger charge is 2.49. The minimum Gasteiger partial charge on any atom is -0.465 e. The lowest BCUT2D eigenvalue weighted by Crippen LogP contribution is -2.71. The number of likely N-dealkylation sites (tertiary alicyclic amines) is 2. The van der Waals surface area contributed by atoms with E-state index in [1.807, 2.05) is 37.5 Å². The van der Waals surface area contributed by atoms with Crippen LogP contribution in [0.4, 0.5) is 0 Å². The molecule has 0 radical (unpaired) electrons. The topological polar surface area (TPSA) is 41.7 Å². The number of piperidine rings is 1. The first-order valence-corrected chi connectivity index (χ1v) is 9.58. The van der Waals surface area contributed by atoms with Crippen LogP contribution in [-0.4, -0.2) is 53.6 Å². The molecule has 26 heavy (non-hydrogen) atoms. The maximum Gasteiger partial charge on any atom is 0.118 e. The zero-order chi connectivity index (χ0) is 18.0. The van der Waals surface area contributed by atoms with E-state index in [2.05, 4.69) is 27.9 Å². The van der Waals surface area contributed by atoms with Crippen molar-refractivity contribution in [1.29, 1.82) is 0 Å². The van der Waals surface area contributed by atoms with Crippen LogP contribution in [0.1, 0.15) is 29.9 Å². The van der Waals surface area contributed by atoms with Crippen molar-refractivity contribution in [2.24, 2.45) is 5.92 Å². The van der Waals surface area contributed by atoms with Gasteiger partial charge in [-0.05, 0) is 69.1 Å². The zero-order valence-electron chi connectivity index (χ0n) is 15.9. The molecule has 2 aromatic heterocycles. The Morgan fingerprint density at radius 2 is 2.04 bits per heavy atom. The standard InChI is InChI=1S/C21H29N3O2/c1-17-3-4-20(26-17)12-24-15-21(16-24)11-19(7-10-23(21)2)14-25-13-18-5-8-22-9-6-18/h3-6,8-9,19H,7,10-16H2,1-2H3. The minimum atomic E-state index is 0.324. The molecule has 0 aromatic carbocycles. The fourth-order valence-corrected chi connectivity index (χ4v) is 4.43. The highest BCUT2D eigenvalue weighted by Crippen LogP contribution is 2.39. The Kier molecular flexibility index (Phi) is 5.11. The fourth-order valence-electron chi connectivity index (χ4n) is 4.43. The van der Waals surface area contributed by atoms with E-state index in [-0.39, 0.29) is 0 Å². The van der Waals surface area contributed by atoms with Crippen molar-refractivity contribution in [2.45, 2.75) is 38.5 Å². The van der Waals surface area contributed by atoms with Crippen LogP contribution in [0.3, 0.4) is 0 Å². The van der Waals surface area contributed by atoms with E-state index in [0.717, 1.165) is 44.3 Å². The summed E-state index contributed by atoms with van der Waals surface area (Å²) in [5.74, 6) is 2.73. The summed E-state index contributed by atoms with van der Waals surface area (Å²) in [7, 11) is 2.28. The smallest absolute Gasteiger partial charge is 0.118 e. The Hall–Kier alpha value is -1.69. The molecule has 140 valence electrons. The predicted molar refractivity (Wildman–Crippen MR) is 101 cm³/mol. The number of likely N-dealkylation sites (N-methyl/N-ethyl adjacent to an activating group) is 1. The molecule has 1 atom stereocenters. The quantitative estimate of drug-likeness (QED) is 0.796. The van der Waals surface area contributed by atoms with Gasteiger partial charge in [-0.2, -0.15) is 0 Å². The van der Waals surface area contributed by atoms with Crippen LogP contribution in [-0.2, 0) is 17.9 Å². The van der Waals surface area contributed by atoms with Crippen molar-refractivity contribution in [2.75, 3.05) is 33.3 Å². The molecule has 0 amide bonds. The number of ether oxygens (including phenoxy) is 1. The van der Waals surface area contributed by atoms with Gasteiger partial charge in [0.05, 0.1) is 13.2 Å². The lowest BCUT2D eigenvalue weighted by atomic mass is 9.75. The van der Waals surface area contributed by atoms with E-state index in [1.54, 1.807) is 0 Å². The van der Waals surface area contributed by atoms with E-state index < -0.39 is 0 Å². The average molecular weight is 355 g/mol. The molecule has 0 aliphatic carbocycles. The molecule has 1 spiro atoms. The number of hydrogen-bond donors (Lipinski definition) is 0. The molecule has 2 fully saturated rings. The second-order valence-corrected chi connectivity index (χ2v) is 8.03. The van der Waals surface area contributed by atoms with Gasteiger partial charge in [0.25, 0.3) is 0 Å². The number of nitrogens with zero attached hydrogens (tertiary/aromatic N) is 3. The van der Waals surface area contributed by atoms with Gasteiger partial charge in [-0.15, -0.1) is 0 Å². The van der Waals surface area contributed by atoms with Crippen LogP contribution < -0.4 is 0 Å². The van der Waals surface area contributed by atoms with E-state index in [0.29, 0.717) is 18.1 Å². The maximum atomic E-state index is 6.01. The highest BCUT2D eigenvalue weighted by atomic mass is 16.5. The molecule has 1 unspecified atom stereocenters. The SMILES string of the molecule is Cc1ccc(CN2CC3(CC(COCc4ccncc4)CCN3C)C2)o1. The van der Waals surface area contributed by atoms with E-state index in [9.17, 15) is 0 Å². The summed E-state index contributed by atoms with van der Waals surface area (Å²) < 4.78 is 11.7. The molecule has 4 rings (SSSR count). The van der Waals surface area contributed by atoms with Crippen molar-refractivity contribution in [1.82, 2.24) is 14.8 Å². The van der Waals surface area contributed by atoms with Crippen LogP contribution >= 0.6 is 0 Å². The lowest BCUT2D eigenvalue weighted by Gasteiger charge is -2.58. The molecule has 0 bridgehead atoms. The van der Waals surface area contributed by atoms with Gasteiger partial charge >= 0.3 is 0 Å². The molecule has 2 saturated heterocycles. The van der Waals surface area contributed by atoms with Crippen molar-refractivity contribution >= 4 is 0 Å². The second-order valence-electron chi connectivity index (χ2n) is 8.03. The largest absolute Gasteiger partial charge is 0.465 e. The summed E-state index contributed by atoms with van der Waals surface area (Å²) in [6, 6.07) is 8.20. The molecule has 4 heterocycles. The number of aryl methyl sites for hydroxylation is 1. The van der Waals surface area contributed by atoms with Gasteiger partial charge in [0.15, 0.2) is 0 Å². The first-order chi connectivity index (χ1) is 12.6. The Bertz CT molecular complexity index is 709. The van der Waals surface area contributed by atoms with Gasteiger partial charge in [-0.3, -0.25) is 14.8 Å². The molecule has 0 saturated carbocycles. The Balaban J connectivity index is 1.26. The monoisotopic (exact) mass is 355 g/mol. The summed E-state index contributed by atoms with van der Waals surface area (Å²) >= 11 is 0. The molecule has 0 N–H and O–H groups in total. The number of hydrogen-bond acceptors (Lipinski definition) is 5. The van der Waals surface area contributed by atoms with E-state index in [1.165, 1.54) is 18.4 Å². The predicted octanol–water partition coefficient (Wildman–Crippen LogP) is 3.10.